The molecule has 0 aliphatic rings. The van der Waals surface area contributed by atoms with Gasteiger partial charge in [0.15, 0.2) is 0 Å². The van der Waals surface area contributed by atoms with Crippen LogP contribution in [-0.2, 0) is 19.2 Å². The molecule has 0 saturated heterocycles. The first-order chi connectivity index (χ1) is 14.5. The zero-order chi connectivity index (χ0) is 23.6. The molecule has 13 nitrogen and oxygen atoms in total. The molecule has 0 radical (unpaired) electrons. The van der Waals surface area contributed by atoms with Crippen LogP contribution in [0.15, 0.2) is 24.3 Å². The summed E-state index contributed by atoms with van der Waals surface area (Å²) in [7, 11) is 0. The van der Waals surface area contributed by atoms with Gasteiger partial charge in [0.1, 0.15) is 17.9 Å². The van der Waals surface area contributed by atoms with Gasteiger partial charge in [-0.2, -0.15) is 0 Å². The SMILES string of the molecule is N=C(N)c1ccc(C(=O)NCCC(=O)N[C@@H](CC(=O)O)C(=O)N[C@@H](CO)C(=O)O)cc1. The van der Waals surface area contributed by atoms with E-state index in [4.69, 9.17) is 26.5 Å². The Labute approximate surface area is 176 Å². The summed E-state index contributed by atoms with van der Waals surface area (Å²) in [6.45, 7) is -1.05. The Balaban J connectivity index is 2.60. The van der Waals surface area contributed by atoms with Gasteiger partial charge < -0.3 is 37.0 Å². The summed E-state index contributed by atoms with van der Waals surface area (Å²) in [6.07, 6.45) is -1.10. The number of amidine groups is 1. The number of rotatable bonds is 12. The summed E-state index contributed by atoms with van der Waals surface area (Å²) in [5.41, 5.74) is 6.02. The number of nitrogen functional groups attached to an aromatic ring is 1. The van der Waals surface area contributed by atoms with E-state index in [1.165, 1.54) is 24.3 Å². The molecule has 0 spiro atoms. The number of carbonyl (C=O) groups excluding carboxylic acids is 3. The van der Waals surface area contributed by atoms with Gasteiger partial charge >= 0.3 is 11.9 Å². The molecule has 0 aliphatic carbocycles. The van der Waals surface area contributed by atoms with Crippen molar-refractivity contribution in [1.29, 1.82) is 5.41 Å². The van der Waals surface area contributed by atoms with E-state index in [0.717, 1.165) is 0 Å². The number of nitrogens with one attached hydrogen (secondary N) is 4. The zero-order valence-corrected chi connectivity index (χ0v) is 16.3. The Hall–Kier alpha value is -4.00. The molecule has 2 atom stereocenters. The molecule has 0 unspecified atom stereocenters. The maximum atomic E-state index is 12.1. The first-order valence-corrected chi connectivity index (χ1v) is 8.93. The fourth-order valence-corrected chi connectivity index (χ4v) is 2.30. The lowest BCUT2D eigenvalue weighted by Gasteiger charge is -2.19. The van der Waals surface area contributed by atoms with Crippen molar-refractivity contribution in [1.82, 2.24) is 16.0 Å². The lowest BCUT2D eigenvalue weighted by atomic mass is 10.1. The largest absolute Gasteiger partial charge is 0.481 e. The van der Waals surface area contributed by atoms with Gasteiger partial charge in [0.05, 0.1) is 13.0 Å². The third-order valence-corrected chi connectivity index (χ3v) is 3.92. The fourth-order valence-electron chi connectivity index (χ4n) is 2.30. The molecule has 168 valence electrons. The second kappa shape index (κ2) is 11.9. The van der Waals surface area contributed by atoms with Gasteiger partial charge in [-0.05, 0) is 12.1 Å². The molecule has 1 aromatic carbocycles. The number of amides is 3. The van der Waals surface area contributed by atoms with Crippen LogP contribution < -0.4 is 21.7 Å². The maximum absolute atomic E-state index is 12.1. The van der Waals surface area contributed by atoms with Gasteiger partial charge in [-0.15, -0.1) is 0 Å². The highest BCUT2D eigenvalue weighted by Gasteiger charge is 2.27. The standard InChI is InChI=1S/C18H23N5O8/c19-15(20)9-1-3-10(4-2-9)16(28)21-6-5-13(25)22-11(7-14(26)27)17(29)23-12(8-24)18(30)31/h1-4,11-12,24H,5-8H2,(H3,19,20)(H,21,28)(H,22,25)(H,23,29)(H,26,27)(H,30,31)/t11-,12-/m0/s1. The van der Waals surface area contributed by atoms with Crippen molar-refractivity contribution in [3.8, 4) is 0 Å². The molecule has 0 heterocycles. The molecule has 1 rings (SSSR count). The van der Waals surface area contributed by atoms with E-state index in [9.17, 15) is 24.0 Å². The highest BCUT2D eigenvalue weighted by molar-refractivity contribution is 5.98. The van der Waals surface area contributed by atoms with E-state index in [-0.39, 0.29) is 24.4 Å². The molecule has 0 saturated carbocycles. The van der Waals surface area contributed by atoms with E-state index >= 15 is 0 Å². The fraction of sp³-hybridized carbons (Fsp3) is 0.333. The minimum Gasteiger partial charge on any atom is -0.481 e. The predicted molar refractivity (Wildman–Crippen MR) is 105 cm³/mol. The number of hydrogen-bond donors (Lipinski definition) is 8. The molecule has 0 bridgehead atoms. The second-order valence-corrected chi connectivity index (χ2v) is 6.30. The minimum absolute atomic E-state index is 0.130. The first kappa shape index (κ1) is 25.0. The van der Waals surface area contributed by atoms with Crippen LogP contribution >= 0.6 is 0 Å². The summed E-state index contributed by atoms with van der Waals surface area (Å²) in [6, 6.07) is 2.62. The quantitative estimate of drug-likeness (QED) is 0.128. The monoisotopic (exact) mass is 437 g/mol. The summed E-state index contributed by atoms with van der Waals surface area (Å²) in [5, 5.41) is 40.5. The molecule has 0 aromatic heterocycles. The van der Waals surface area contributed by atoms with E-state index in [2.05, 4.69) is 10.6 Å². The molecule has 3 amide bonds. The zero-order valence-electron chi connectivity index (χ0n) is 16.3. The molecule has 13 heteroatoms. The Bertz CT molecular complexity index is 855. The Kier molecular flexibility index (Phi) is 9.59. The van der Waals surface area contributed by atoms with Crippen LogP contribution in [0.5, 0.6) is 0 Å². The molecule has 0 aliphatic heterocycles. The molecule has 1 aromatic rings. The van der Waals surface area contributed by atoms with Crippen molar-refractivity contribution >= 4 is 35.5 Å². The van der Waals surface area contributed by atoms with Gasteiger partial charge in [-0.25, -0.2) is 4.79 Å². The van der Waals surface area contributed by atoms with Crippen molar-refractivity contribution in [2.75, 3.05) is 13.2 Å². The lowest BCUT2D eigenvalue weighted by Crippen LogP contribution is -2.53. The lowest BCUT2D eigenvalue weighted by molar-refractivity contribution is -0.144. The van der Waals surface area contributed by atoms with Gasteiger partial charge in [0.25, 0.3) is 5.91 Å². The normalized spacial score (nSPS) is 12.2. The third kappa shape index (κ3) is 8.49. The smallest absolute Gasteiger partial charge is 0.328 e. The number of carboxylic acids is 2. The van der Waals surface area contributed by atoms with Crippen LogP contribution in [-0.4, -0.2) is 76.1 Å². The highest BCUT2D eigenvalue weighted by atomic mass is 16.4. The van der Waals surface area contributed by atoms with Crippen molar-refractivity contribution < 1.29 is 39.3 Å². The van der Waals surface area contributed by atoms with E-state index < -0.39 is 54.8 Å². The number of nitrogens with two attached hydrogens (primary N) is 1. The van der Waals surface area contributed by atoms with Crippen LogP contribution in [0, 0.1) is 5.41 Å². The van der Waals surface area contributed by atoms with Crippen LogP contribution in [0.25, 0.3) is 0 Å². The minimum atomic E-state index is -1.66. The summed E-state index contributed by atoms with van der Waals surface area (Å²) in [4.78, 5) is 58.0. The van der Waals surface area contributed by atoms with Crippen molar-refractivity contribution in [3.05, 3.63) is 35.4 Å². The third-order valence-electron chi connectivity index (χ3n) is 3.92. The Morgan fingerprint density at radius 2 is 1.55 bits per heavy atom. The molecule has 31 heavy (non-hydrogen) atoms. The molecular formula is C18H23N5O8. The van der Waals surface area contributed by atoms with Crippen LogP contribution in [0.1, 0.15) is 28.8 Å². The Morgan fingerprint density at radius 1 is 0.968 bits per heavy atom. The topological polar surface area (TPSA) is 232 Å². The molecule has 9 N–H and O–H groups in total. The highest BCUT2D eigenvalue weighted by Crippen LogP contribution is 2.04. The number of carbonyl (C=O) groups is 5. The number of hydrogen-bond acceptors (Lipinski definition) is 7. The number of benzene rings is 1. The average Bonchev–Trinajstić information content (AvgIpc) is 2.70. The maximum Gasteiger partial charge on any atom is 0.328 e. The number of aliphatic carboxylic acids is 2. The Morgan fingerprint density at radius 3 is 2.03 bits per heavy atom. The van der Waals surface area contributed by atoms with E-state index in [1.807, 2.05) is 5.32 Å². The van der Waals surface area contributed by atoms with Crippen LogP contribution in [0.2, 0.25) is 0 Å². The van der Waals surface area contributed by atoms with Gasteiger partial charge in [0.2, 0.25) is 11.8 Å². The molecule has 0 fully saturated rings. The van der Waals surface area contributed by atoms with Gasteiger partial charge in [-0.3, -0.25) is 24.6 Å². The number of aliphatic hydroxyl groups excluding tert-OH is 1. The summed E-state index contributed by atoms with van der Waals surface area (Å²) < 4.78 is 0. The summed E-state index contributed by atoms with van der Waals surface area (Å²) in [5.74, 6) is -5.46. The summed E-state index contributed by atoms with van der Waals surface area (Å²) >= 11 is 0. The second-order valence-electron chi connectivity index (χ2n) is 6.30. The predicted octanol–water partition coefficient (Wildman–Crippen LogP) is -2.39. The number of aliphatic hydroxyl groups is 1. The van der Waals surface area contributed by atoms with Crippen molar-refractivity contribution in [3.63, 3.8) is 0 Å². The van der Waals surface area contributed by atoms with Gasteiger partial charge in [-0.1, -0.05) is 12.1 Å². The van der Waals surface area contributed by atoms with Gasteiger partial charge in [0, 0.05) is 24.1 Å². The van der Waals surface area contributed by atoms with Crippen molar-refractivity contribution in [2.24, 2.45) is 5.73 Å². The van der Waals surface area contributed by atoms with E-state index in [1.54, 1.807) is 0 Å². The van der Waals surface area contributed by atoms with Crippen LogP contribution in [0.4, 0.5) is 0 Å². The van der Waals surface area contributed by atoms with E-state index in [0.29, 0.717) is 5.56 Å². The van der Waals surface area contributed by atoms with Crippen LogP contribution in [0.3, 0.4) is 0 Å². The average molecular weight is 437 g/mol. The number of carboxylic acid groups (broad SMARTS) is 2. The first-order valence-electron chi connectivity index (χ1n) is 8.93. The van der Waals surface area contributed by atoms with Crippen molar-refractivity contribution in [2.45, 2.75) is 24.9 Å². The molecular weight excluding hydrogens is 414 g/mol.